The Morgan fingerprint density at radius 2 is 2.09 bits per heavy atom. The Morgan fingerprint density at radius 1 is 1.41 bits per heavy atom. The van der Waals surface area contributed by atoms with Gasteiger partial charge in [-0.05, 0) is 67.2 Å². The van der Waals surface area contributed by atoms with E-state index in [4.69, 9.17) is 9.47 Å². The summed E-state index contributed by atoms with van der Waals surface area (Å²) < 4.78 is 12.1. The zero-order valence-electron chi connectivity index (χ0n) is 13.3. The lowest BCUT2D eigenvalue weighted by molar-refractivity contribution is -0.0170. The van der Waals surface area contributed by atoms with Crippen LogP contribution in [-0.2, 0) is 16.1 Å². The SMILES string of the molecule is CC(C)(C)OC(=O)N1CCC(OCc2ccnc(Br)c2)CC1. The van der Waals surface area contributed by atoms with Gasteiger partial charge in [0, 0.05) is 19.3 Å². The number of hydrogen-bond acceptors (Lipinski definition) is 4. The van der Waals surface area contributed by atoms with E-state index >= 15 is 0 Å². The fraction of sp³-hybridized carbons (Fsp3) is 0.625. The van der Waals surface area contributed by atoms with Gasteiger partial charge in [-0.25, -0.2) is 9.78 Å². The van der Waals surface area contributed by atoms with Crippen molar-refractivity contribution in [1.29, 1.82) is 0 Å². The van der Waals surface area contributed by atoms with E-state index in [0.717, 1.165) is 23.0 Å². The molecule has 6 heteroatoms. The van der Waals surface area contributed by atoms with Crippen molar-refractivity contribution in [1.82, 2.24) is 9.88 Å². The van der Waals surface area contributed by atoms with Gasteiger partial charge in [0.25, 0.3) is 0 Å². The highest BCUT2D eigenvalue weighted by Gasteiger charge is 2.27. The van der Waals surface area contributed by atoms with Crippen LogP contribution in [0.3, 0.4) is 0 Å². The van der Waals surface area contributed by atoms with Crippen molar-refractivity contribution >= 4 is 22.0 Å². The van der Waals surface area contributed by atoms with Gasteiger partial charge in [-0.2, -0.15) is 0 Å². The zero-order valence-corrected chi connectivity index (χ0v) is 14.9. The first-order valence-electron chi connectivity index (χ1n) is 7.53. The first-order valence-corrected chi connectivity index (χ1v) is 8.33. The van der Waals surface area contributed by atoms with Gasteiger partial charge in [-0.15, -0.1) is 0 Å². The molecule has 1 aromatic heterocycles. The minimum atomic E-state index is -0.445. The molecule has 0 bridgehead atoms. The largest absolute Gasteiger partial charge is 0.444 e. The van der Waals surface area contributed by atoms with Crippen molar-refractivity contribution in [2.75, 3.05) is 13.1 Å². The Hall–Kier alpha value is -1.14. The summed E-state index contributed by atoms with van der Waals surface area (Å²) in [5.41, 5.74) is 0.649. The van der Waals surface area contributed by atoms with E-state index in [1.54, 1.807) is 11.1 Å². The number of rotatable bonds is 3. The fourth-order valence-electron chi connectivity index (χ4n) is 2.28. The molecule has 22 heavy (non-hydrogen) atoms. The van der Waals surface area contributed by atoms with Gasteiger partial charge in [-0.1, -0.05) is 0 Å². The molecule has 1 aliphatic heterocycles. The highest BCUT2D eigenvalue weighted by Crippen LogP contribution is 2.19. The number of amides is 1. The number of piperidine rings is 1. The number of pyridine rings is 1. The van der Waals surface area contributed by atoms with E-state index in [9.17, 15) is 4.79 Å². The molecule has 1 fully saturated rings. The second kappa shape index (κ2) is 7.42. The van der Waals surface area contributed by atoms with Crippen LogP contribution >= 0.6 is 15.9 Å². The summed E-state index contributed by atoms with van der Waals surface area (Å²) >= 11 is 3.35. The average Bonchev–Trinajstić information content (AvgIpc) is 2.44. The highest BCUT2D eigenvalue weighted by molar-refractivity contribution is 9.10. The fourth-order valence-corrected chi connectivity index (χ4v) is 2.69. The zero-order chi connectivity index (χ0) is 16.2. The van der Waals surface area contributed by atoms with Crippen molar-refractivity contribution in [2.45, 2.75) is 51.9 Å². The van der Waals surface area contributed by atoms with E-state index in [0.29, 0.717) is 19.7 Å². The Balaban J connectivity index is 1.74. The molecule has 1 aromatic rings. The van der Waals surface area contributed by atoms with Crippen LogP contribution < -0.4 is 0 Å². The molecular weight excluding hydrogens is 348 g/mol. The molecule has 0 radical (unpaired) electrons. The molecule has 2 heterocycles. The first kappa shape index (κ1) is 17.2. The second-order valence-electron chi connectivity index (χ2n) is 6.46. The Morgan fingerprint density at radius 3 is 2.68 bits per heavy atom. The maximum atomic E-state index is 12.0. The molecule has 0 aromatic carbocycles. The van der Waals surface area contributed by atoms with E-state index in [1.807, 2.05) is 32.9 Å². The van der Waals surface area contributed by atoms with E-state index in [1.165, 1.54) is 0 Å². The minimum Gasteiger partial charge on any atom is -0.444 e. The van der Waals surface area contributed by atoms with Gasteiger partial charge in [-0.3, -0.25) is 0 Å². The Bertz CT molecular complexity index is 508. The van der Waals surface area contributed by atoms with Crippen molar-refractivity contribution < 1.29 is 14.3 Å². The van der Waals surface area contributed by atoms with Gasteiger partial charge >= 0.3 is 6.09 Å². The summed E-state index contributed by atoms with van der Waals surface area (Å²) in [6, 6.07) is 3.90. The van der Waals surface area contributed by atoms with Gasteiger partial charge in [0.05, 0.1) is 12.7 Å². The van der Waals surface area contributed by atoms with Crippen LogP contribution in [0, 0.1) is 0 Å². The molecule has 0 aliphatic carbocycles. The van der Waals surface area contributed by atoms with E-state index in [-0.39, 0.29) is 12.2 Å². The molecule has 0 unspecified atom stereocenters. The number of likely N-dealkylation sites (tertiary alicyclic amines) is 1. The number of aromatic nitrogens is 1. The summed E-state index contributed by atoms with van der Waals surface area (Å²) in [7, 11) is 0. The third kappa shape index (κ3) is 5.57. The Kier molecular flexibility index (Phi) is 5.81. The van der Waals surface area contributed by atoms with Gasteiger partial charge < -0.3 is 14.4 Å². The number of halogens is 1. The maximum Gasteiger partial charge on any atom is 0.410 e. The third-order valence-corrected chi connectivity index (χ3v) is 3.80. The summed E-state index contributed by atoms with van der Waals surface area (Å²) in [6.07, 6.45) is 3.39. The lowest BCUT2D eigenvalue weighted by atomic mass is 10.1. The molecule has 0 N–H and O–H groups in total. The smallest absolute Gasteiger partial charge is 0.410 e. The molecule has 1 amide bonds. The quantitative estimate of drug-likeness (QED) is 0.760. The molecule has 1 saturated heterocycles. The predicted octanol–water partition coefficient (Wildman–Crippen LogP) is 3.76. The monoisotopic (exact) mass is 370 g/mol. The van der Waals surface area contributed by atoms with Crippen LogP contribution in [0.25, 0.3) is 0 Å². The van der Waals surface area contributed by atoms with Crippen LogP contribution in [0.15, 0.2) is 22.9 Å². The molecule has 0 saturated carbocycles. The molecule has 0 spiro atoms. The van der Waals surface area contributed by atoms with Gasteiger partial charge in [0.1, 0.15) is 10.2 Å². The maximum absolute atomic E-state index is 12.0. The summed E-state index contributed by atoms with van der Waals surface area (Å²) in [4.78, 5) is 17.8. The highest BCUT2D eigenvalue weighted by atomic mass is 79.9. The van der Waals surface area contributed by atoms with Crippen molar-refractivity contribution in [3.63, 3.8) is 0 Å². The normalized spacial score (nSPS) is 16.6. The van der Waals surface area contributed by atoms with Crippen LogP contribution in [0.1, 0.15) is 39.2 Å². The minimum absolute atomic E-state index is 0.186. The standard InChI is InChI=1S/C16H23BrN2O3/c1-16(2,3)22-15(20)19-8-5-13(6-9-19)21-11-12-4-7-18-14(17)10-12/h4,7,10,13H,5-6,8-9,11H2,1-3H3. The van der Waals surface area contributed by atoms with Crippen LogP contribution in [-0.4, -0.2) is 40.8 Å². The van der Waals surface area contributed by atoms with Crippen LogP contribution in [0.5, 0.6) is 0 Å². The average molecular weight is 371 g/mol. The summed E-state index contributed by atoms with van der Waals surface area (Å²) in [5.74, 6) is 0. The van der Waals surface area contributed by atoms with Crippen molar-refractivity contribution in [3.05, 3.63) is 28.5 Å². The third-order valence-electron chi connectivity index (χ3n) is 3.37. The molecular formula is C16H23BrN2O3. The van der Waals surface area contributed by atoms with Gasteiger partial charge in [0.15, 0.2) is 0 Å². The molecule has 2 rings (SSSR count). The van der Waals surface area contributed by atoms with E-state index in [2.05, 4.69) is 20.9 Å². The number of hydrogen-bond donors (Lipinski definition) is 0. The number of carbonyl (C=O) groups excluding carboxylic acids is 1. The van der Waals surface area contributed by atoms with Crippen molar-refractivity contribution in [3.8, 4) is 0 Å². The lowest BCUT2D eigenvalue weighted by Gasteiger charge is -2.33. The van der Waals surface area contributed by atoms with Gasteiger partial charge in [0.2, 0.25) is 0 Å². The van der Waals surface area contributed by atoms with E-state index < -0.39 is 5.60 Å². The van der Waals surface area contributed by atoms with Crippen LogP contribution in [0.2, 0.25) is 0 Å². The molecule has 1 aliphatic rings. The summed E-state index contributed by atoms with van der Waals surface area (Å²) in [6.45, 7) is 7.58. The summed E-state index contributed by atoms with van der Waals surface area (Å²) in [5, 5.41) is 0. The topological polar surface area (TPSA) is 51.7 Å². The number of ether oxygens (including phenoxy) is 2. The molecule has 5 nitrogen and oxygen atoms in total. The van der Waals surface area contributed by atoms with Crippen LogP contribution in [0.4, 0.5) is 4.79 Å². The number of nitrogens with zero attached hydrogens (tertiary/aromatic N) is 2. The number of carbonyl (C=O) groups is 1. The molecule has 0 atom stereocenters. The second-order valence-corrected chi connectivity index (χ2v) is 7.28. The van der Waals surface area contributed by atoms with Crippen molar-refractivity contribution in [2.24, 2.45) is 0 Å². The Labute approximate surface area is 140 Å². The predicted molar refractivity (Wildman–Crippen MR) is 87.6 cm³/mol. The molecule has 122 valence electrons. The first-order chi connectivity index (χ1) is 10.3. The lowest BCUT2D eigenvalue weighted by Crippen LogP contribution is -2.43.